The molecule has 2 atom stereocenters. The topological polar surface area (TPSA) is 86.9 Å². The van der Waals surface area contributed by atoms with Gasteiger partial charge in [0.25, 0.3) is 5.91 Å². The van der Waals surface area contributed by atoms with Gasteiger partial charge in [0.15, 0.2) is 0 Å². The summed E-state index contributed by atoms with van der Waals surface area (Å²) >= 11 is 0. The molecule has 3 fully saturated rings. The molecule has 0 aromatic heterocycles. The minimum absolute atomic E-state index is 0.119. The van der Waals surface area contributed by atoms with Crippen molar-refractivity contribution in [3.8, 4) is 0 Å². The van der Waals surface area contributed by atoms with Gasteiger partial charge in [0.05, 0.1) is 5.69 Å². The molecule has 1 aromatic carbocycles. The molecule has 4 amide bonds. The van der Waals surface area contributed by atoms with Gasteiger partial charge in [-0.1, -0.05) is 0 Å². The molecule has 4 rings (SSSR count). The highest BCUT2D eigenvalue weighted by Gasteiger charge is 2.51. The van der Waals surface area contributed by atoms with E-state index < -0.39 is 6.04 Å². The normalized spacial score (nSPS) is 27.2. The van der Waals surface area contributed by atoms with Crippen molar-refractivity contribution >= 4 is 29.2 Å². The Balaban J connectivity index is 1.58. The molecule has 0 bridgehead atoms. The maximum atomic E-state index is 12.6. The summed E-state index contributed by atoms with van der Waals surface area (Å²) in [6.07, 6.45) is 3.15. The van der Waals surface area contributed by atoms with Crippen molar-refractivity contribution in [2.45, 2.75) is 37.8 Å². The lowest BCUT2D eigenvalue weighted by Crippen LogP contribution is -2.41. The van der Waals surface area contributed by atoms with Crippen molar-refractivity contribution < 1.29 is 14.4 Å². The Morgan fingerprint density at radius 2 is 1.67 bits per heavy atom. The van der Waals surface area contributed by atoms with Crippen LogP contribution in [-0.2, 0) is 9.59 Å². The summed E-state index contributed by atoms with van der Waals surface area (Å²) in [5.41, 5.74) is 7.30. The fourth-order valence-corrected chi connectivity index (χ4v) is 3.80. The highest BCUT2D eigenvalue weighted by atomic mass is 16.2. The fraction of sp³-hybridized carbons (Fsp3) is 0.471. The monoisotopic (exact) mass is 328 g/mol. The Labute approximate surface area is 140 Å². The molecule has 0 unspecified atom stereocenters. The smallest absolute Gasteiger partial charge is 0.325 e. The second-order valence-electron chi connectivity index (χ2n) is 6.57. The Morgan fingerprint density at radius 1 is 0.958 bits per heavy atom. The van der Waals surface area contributed by atoms with Gasteiger partial charge in [0, 0.05) is 31.2 Å². The highest BCUT2D eigenvalue weighted by Crippen LogP contribution is 2.32. The first-order chi connectivity index (χ1) is 11.6. The van der Waals surface area contributed by atoms with E-state index >= 15 is 0 Å². The number of anilines is 2. The highest BCUT2D eigenvalue weighted by molar-refractivity contribution is 6.22. The second kappa shape index (κ2) is 5.59. The number of amides is 4. The summed E-state index contributed by atoms with van der Waals surface area (Å²) in [5.74, 6) is -0.138. The Morgan fingerprint density at radius 3 is 2.33 bits per heavy atom. The number of urea groups is 1. The van der Waals surface area contributed by atoms with Crippen molar-refractivity contribution in [3.05, 3.63) is 24.3 Å². The first-order valence-corrected chi connectivity index (χ1v) is 8.38. The van der Waals surface area contributed by atoms with Crippen LogP contribution >= 0.6 is 0 Å². The first-order valence-electron chi connectivity index (χ1n) is 8.38. The van der Waals surface area contributed by atoms with Gasteiger partial charge in [-0.25, -0.2) is 9.69 Å². The molecule has 3 aliphatic heterocycles. The fourth-order valence-electron chi connectivity index (χ4n) is 3.80. The van der Waals surface area contributed by atoms with Crippen LogP contribution in [0, 0.1) is 0 Å². The average Bonchev–Trinajstić information content (AvgIpc) is 3.08. The molecular formula is C17H20N4O3. The number of hydrogen-bond acceptors (Lipinski definition) is 4. The van der Waals surface area contributed by atoms with Crippen LogP contribution in [0.1, 0.15) is 25.7 Å². The lowest BCUT2D eigenvalue weighted by molar-refractivity contribution is -0.120. The molecule has 0 aliphatic carbocycles. The van der Waals surface area contributed by atoms with Crippen molar-refractivity contribution in [2.75, 3.05) is 22.9 Å². The third-order valence-corrected chi connectivity index (χ3v) is 5.10. The Hall–Kier alpha value is -2.41. The molecule has 3 heterocycles. The number of carbonyl (C=O) groups excluding carboxylic acids is 3. The number of hydrogen-bond donors (Lipinski definition) is 1. The summed E-state index contributed by atoms with van der Waals surface area (Å²) < 4.78 is 0. The average molecular weight is 328 g/mol. The largest absolute Gasteiger partial charge is 0.332 e. The van der Waals surface area contributed by atoms with E-state index in [9.17, 15) is 14.4 Å². The molecule has 24 heavy (non-hydrogen) atoms. The van der Waals surface area contributed by atoms with Crippen molar-refractivity contribution in [3.63, 3.8) is 0 Å². The van der Waals surface area contributed by atoms with Crippen LogP contribution in [0.4, 0.5) is 16.2 Å². The van der Waals surface area contributed by atoms with E-state index in [1.54, 1.807) is 34.1 Å². The van der Waals surface area contributed by atoms with E-state index in [-0.39, 0.29) is 23.9 Å². The van der Waals surface area contributed by atoms with Crippen LogP contribution < -0.4 is 15.5 Å². The van der Waals surface area contributed by atoms with Gasteiger partial charge in [0.1, 0.15) is 6.04 Å². The maximum absolute atomic E-state index is 12.6. The van der Waals surface area contributed by atoms with Crippen LogP contribution in [0.5, 0.6) is 0 Å². The number of imide groups is 1. The lowest BCUT2D eigenvalue weighted by atomic mass is 10.1. The number of rotatable bonds is 2. The van der Waals surface area contributed by atoms with Crippen LogP contribution in [0.15, 0.2) is 24.3 Å². The first kappa shape index (κ1) is 15.1. The molecule has 7 heteroatoms. The number of nitrogens with zero attached hydrogens (tertiary/aromatic N) is 3. The van der Waals surface area contributed by atoms with E-state index in [1.165, 1.54) is 4.90 Å². The zero-order chi connectivity index (χ0) is 16.8. The summed E-state index contributed by atoms with van der Waals surface area (Å²) in [6.45, 7) is 1.23. The van der Waals surface area contributed by atoms with Gasteiger partial charge < -0.3 is 15.5 Å². The third kappa shape index (κ3) is 2.19. The zero-order valence-electron chi connectivity index (χ0n) is 13.4. The number of benzene rings is 1. The van der Waals surface area contributed by atoms with E-state index in [0.717, 1.165) is 18.5 Å². The maximum Gasteiger partial charge on any atom is 0.332 e. The number of piperidine rings is 1. The number of nitrogens with two attached hydrogens (primary N) is 1. The van der Waals surface area contributed by atoms with Gasteiger partial charge in [0.2, 0.25) is 5.91 Å². The van der Waals surface area contributed by atoms with Gasteiger partial charge in [-0.3, -0.25) is 9.59 Å². The molecule has 7 nitrogen and oxygen atoms in total. The van der Waals surface area contributed by atoms with Crippen LogP contribution in [0.2, 0.25) is 0 Å². The second-order valence-corrected chi connectivity index (χ2v) is 6.57. The molecule has 1 aromatic rings. The van der Waals surface area contributed by atoms with Crippen LogP contribution in [-0.4, -0.2) is 47.9 Å². The van der Waals surface area contributed by atoms with Crippen molar-refractivity contribution in [1.29, 1.82) is 0 Å². The molecule has 3 saturated heterocycles. The summed E-state index contributed by atoms with van der Waals surface area (Å²) in [7, 11) is 0. The minimum atomic E-state index is -0.541. The van der Waals surface area contributed by atoms with E-state index in [2.05, 4.69) is 0 Å². The van der Waals surface area contributed by atoms with E-state index in [4.69, 9.17) is 5.73 Å². The SMILES string of the molecule is N[C@@H]1CCN2C(=O)N(c3ccc(N4CCCCC4=O)cc3)C(=O)[C@H]12. The Bertz CT molecular complexity index is 702. The molecule has 0 radical (unpaired) electrons. The third-order valence-electron chi connectivity index (χ3n) is 5.10. The van der Waals surface area contributed by atoms with Gasteiger partial charge in [-0.15, -0.1) is 0 Å². The standard InChI is InChI=1S/C17H20N4O3/c18-13-8-10-20-15(13)16(23)21(17(20)24)12-6-4-11(5-7-12)19-9-2-1-3-14(19)22/h4-7,13,15H,1-3,8-10,18H2/t13-,15+/m1/s1. The number of carbonyl (C=O) groups is 3. The van der Waals surface area contributed by atoms with Crippen molar-refractivity contribution in [1.82, 2.24) is 4.90 Å². The molecule has 0 spiro atoms. The lowest BCUT2D eigenvalue weighted by Gasteiger charge is -2.27. The summed E-state index contributed by atoms with van der Waals surface area (Å²) in [5, 5.41) is 0. The molecular weight excluding hydrogens is 308 g/mol. The molecule has 3 aliphatic rings. The van der Waals surface area contributed by atoms with E-state index in [1.807, 2.05) is 0 Å². The van der Waals surface area contributed by atoms with Gasteiger partial charge >= 0.3 is 6.03 Å². The predicted octanol–water partition coefficient (Wildman–Crippen LogP) is 1.07. The van der Waals surface area contributed by atoms with Crippen LogP contribution in [0.25, 0.3) is 0 Å². The summed E-state index contributed by atoms with van der Waals surface area (Å²) in [6, 6.07) is 5.89. The predicted molar refractivity (Wildman–Crippen MR) is 88.6 cm³/mol. The number of fused-ring (bicyclic) bond motifs is 1. The quantitative estimate of drug-likeness (QED) is 0.823. The van der Waals surface area contributed by atoms with Gasteiger partial charge in [-0.05, 0) is 43.5 Å². The zero-order valence-corrected chi connectivity index (χ0v) is 13.4. The minimum Gasteiger partial charge on any atom is -0.325 e. The van der Waals surface area contributed by atoms with Gasteiger partial charge in [-0.2, -0.15) is 0 Å². The Kier molecular flexibility index (Phi) is 3.53. The molecule has 0 saturated carbocycles. The van der Waals surface area contributed by atoms with Crippen molar-refractivity contribution in [2.24, 2.45) is 5.73 Å². The van der Waals surface area contributed by atoms with E-state index in [0.29, 0.717) is 31.6 Å². The molecule has 2 N–H and O–H groups in total. The summed E-state index contributed by atoms with van der Waals surface area (Å²) in [4.78, 5) is 41.6. The van der Waals surface area contributed by atoms with Crippen LogP contribution in [0.3, 0.4) is 0 Å². The molecule has 126 valence electrons.